The number of hydrogen-bond acceptors (Lipinski definition) is 4. The lowest BCUT2D eigenvalue weighted by Gasteiger charge is -2.04. The Hall–Kier alpha value is -1.96. The van der Waals surface area contributed by atoms with E-state index in [2.05, 4.69) is 5.32 Å². The van der Waals surface area contributed by atoms with Crippen molar-refractivity contribution in [1.29, 1.82) is 0 Å². The van der Waals surface area contributed by atoms with Crippen molar-refractivity contribution in [3.05, 3.63) is 52.2 Å². The molecule has 2 aromatic rings. The fourth-order valence-electron chi connectivity index (χ4n) is 1.64. The molecule has 21 heavy (non-hydrogen) atoms. The van der Waals surface area contributed by atoms with Gasteiger partial charge in [-0.1, -0.05) is 6.07 Å². The quantitative estimate of drug-likeness (QED) is 0.847. The summed E-state index contributed by atoms with van der Waals surface area (Å²) in [5, 5.41) is 9.58. The molecule has 1 aromatic carbocycles. The molecule has 5 nitrogen and oxygen atoms in total. The van der Waals surface area contributed by atoms with Crippen LogP contribution in [-0.2, 0) is 14.8 Å². The van der Waals surface area contributed by atoms with Crippen molar-refractivity contribution in [3.63, 3.8) is 0 Å². The normalized spacial score (nSPS) is 11.7. The van der Waals surface area contributed by atoms with Crippen LogP contribution < -0.4 is 10.5 Å². The highest BCUT2D eigenvalue weighted by molar-refractivity contribution is 7.89. The van der Waals surface area contributed by atoms with Crippen LogP contribution in [-0.4, -0.2) is 14.3 Å². The first-order valence-corrected chi connectivity index (χ1v) is 8.45. The van der Waals surface area contributed by atoms with Gasteiger partial charge in [-0.05, 0) is 48.2 Å². The summed E-state index contributed by atoms with van der Waals surface area (Å²) in [6, 6.07) is 7.77. The topological polar surface area (TPSA) is 89.3 Å². The molecule has 1 amide bonds. The van der Waals surface area contributed by atoms with Crippen molar-refractivity contribution >= 4 is 39.0 Å². The zero-order chi connectivity index (χ0) is 15.5. The van der Waals surface area contributed by atoms with Gasteiger partial charge in [-0.25, -0.2) is 13.6 Å². The summed E-state index contributed by atoms with van der Waals surface area (Å²) in [5.74, 6) is -0.339. The van der Waals surface area contributed by atoms with E-state index in [-0.39, 0.29) is 10.8 Å². The number of primary sulfonamides is 1. The van der Waals surface area contributed by atoms with Crippen LogP contribution in [0.25, 0.3) is 6.08 Å². The molecule has 3 N–H and O–H groups in total. The van der Waals surface area contributed by atoms with E-state index >= 15 is 0 Å². The monoisotopic (exact) mass is 322 g/mol. The lowest BCUT2D eigenvalue weighted by Crippen LogP contribution is -2.13. The second kappa shape index (κ2) is 6.21. The SMILES string of the molecule is Cc1ccsc1/C=C/C(=O)Nc1cccc(S(N)(=O)=O)c1. The summed E-state index contributed by atoms with van der Waals surface area (Å²) in [5.41, 5.74) is 1.47. The van der Waals surface area contributed by atoms with Crippen LogP contribution in [0.4, 0.5) is 5.69 Å². The lowest BCUT2D eigenvalue weighted by atomic mass is 10.2. The minimum atomic E-state index is -3.78. The Bertz CT molecular complexity index is 792. The van der Waals surface area contributed by atoms with E-state index < -0.39 is 10.0 Å². The molecule has 0 radical (unpaired) electrons. The lowest BCUT2D eigenvalue weighted by molar-refractivity contribution is -0.111. The smallest absolute Gasteiger partial charge is 0.248 e. The number of anilines is 1. The molecule has 0 atom stereocenters. The second-order valence-corrected chi connectivity index (χ2v) is 6.87. The van der Waals surface area contributed by atoms with Crippen LogP contribution in [0.1, 0.15) is 10.4 Å². The second-order valence-electron chi connectivity index (χ2n) is 4.36. The van der Waals surface area contributed by atoms with Crippen LogP contribution >= 0.6 is 11.3 Å². The molecule has 0 fully saturated rings. The Labute approximate surface area is 127 Å². The maximum absolute atomic E-state index is 11.8. The van der Waals surface area contributed by atoms with E-state index in [1.54, 1.807) is 23.5 Å². The van der Waals surface area contributed by atoms with Crippen LogP contribution in [0.5, 0.6) is 0 Å². The van der Waals surface area contributed by atoms with Crippen molar-refractivity contribution < 1.29 is 13.2 Å². The predicted molar refractivity (Wildman–Crippen MR) is 84.5 cm³/mol. The van der Waals surface area contributed by atoms with Crippen molar-refractivity contribution in [2.75, 3.05) is 5.32 Å². The van der Waals surface area contributed by atoms with Gasteiger partial charge >= 0.3 is 0 Å². The fraction of sp³-hybridized carbons (Fsp3) is 0.0714. The molecule has 1 heterocycles. The van der Waals surface area contributed by atoms with E-state index in [9.17, 15) is 13.2 Å². The number of rotatable bonds is 4. The molecule has 1 aromatic heterocycles. The van der Waals surface area contributed by atoms with E-state index in [0.29, 0.717) is 5.69 Å². The Balaban J connectivity index is 2.10. The maximum Gasteiger partial charge on any atom is 0.248 e. The third-order valence-corrected chi connectivity index (χ3v) is 4.61. The zero-order valence-electron chi connectivity index (χ0n) is 11.2. The number of amides is 1. The van der Waals surface area contributed by atoms with Gasteiger partial charge in [0.25, 0.3) is 0 Å². The predicted octanol–water partition coefficient (Wildman–Crippen LogP) is 2.36. The zero-order valence-corrected chi connectivity index (χ0v) is 12.9. The van der Waals surface area contributed by atoms with E-state index in [0.717, 1.165) is 10.4 Å². The largest absolute Gasteiger partial charge is 0.322 e. The first-order chi connectivity index (χ1) is 9.86. The van der Waals surface area contributed by atoms with Crippen molar-refractivity contribution in [2.45, 2.75) is 11.8 Å². The average Bonchev–Trinajstić information content (AvgIpc) is 2.81. The van der Waals surface area contributed by atoms with Gasteiger partial charge in [0.15, 0.2) is 0 Å². The van der Waals surface area contributed by atoms with Gasteiger partial charge in [-0.15, -0.1) is 11.3 Å². The first-order valence-electron chi connectivity index (χ1n) is 6.02. The number of nitrogens with one attached hydrogen (secondary N) is 1. The average molecular weight is 322 g/mol. The van der Waals surface area contributed by atoms with Gasteiger partial charge in [-0.3, -0.25) is 4.79 Å². The maximum atomic E-state index is 11.8. The van der Waals surface area contributed by atoms with E-state index in [4.69, 9.17) is 5.14 Å². The molecule has 0 spiro atoms. The van der Waals surface area contributed by atoms with Crippen molar-refractivity contribution in [3.8, 4) is 0 Å². The van der Waals surface area contributed by atoms with Gasteiger partial charge in [0.2, 0.25) is 15.9 Å². The summed E-state index contributed by atoms with van der Waals surface area (Å²) in [6.07, 6.45) is 3.13. The Morgan fingerprint density at radius 1 is 1.33 bits per heavy atom. The van der Waals surface area contributed by atoms with Crippen molar-refractivity contribution in [1.82, 2.24) is 0 Å². The van der Waals surface area contributed by atoms with Crippen molar-refractivity contribution in [2.24, 2.45) is 5.14 Å². The first kappa shape index (κ1) is 15.4. The number of aryl methyl sites for hydroxylation is 1. The molecule has 7 heteroatoms. The van der Waals surface area contributed by atoms with Crippen LogP contribution in [0.2, 0.25) is 0 Å². The summed E-state index contributed by atoms with van der Waals surface area (Å²) in [7, 11) is -3.78. The highest BCUT2D eigenvalue weighted by atomic mass is 32.2. The highest BCUT2D eigenvalue weighted by Gasteiger charge is 2.08. The Morgan fingerprint density at radius 2 is 2.10 bits per heavy atom. The number of sulfonamides is 1. The molecule has 110 valence electrons. The van der Waals surface area contributed by atoms with Gasteiger partial charge in [0.05, 0.1) is 4.90 Å². The minimum Gasteiger partial charge on any atom is -0.322 e. The van der Waals surface area contributed by atoms with Gasteiger partial charge < -0.3 is 5.32 Å². The fourth-order valence-corrected chi connectivity index (χ4v) is 3.02. The number of carbonyl (C=O) groups excluding carboxylic acids is 1. The molecular weight excluding hydrogens is 308 g/mol. The molecule has 0 unspecified atom stereocenters. The molecular formula is C14H14N2O3S2. The van der Waals surface area contributed by atoms with Crippen LogP contribution in [0.15, 0.2) is 46.7 Å². The van der Waals surface area contributed by atoms with Gasteiger partial charge in [0.1, 0.15) is 0 Å². The molecule has 0 aliphatic carbocycles. The molecule has 0 saturated heterocycles. The van der Waals surface area contributed by atoms with E-state index in [1.807, 2.05) is 18.4 Å². The minimum absolute atomic E-state index is 0.0432. The van der Waals surface area contributed by atoms with Crippen LogP contribution in [0, 0.1) is 6.92 Å². The third kappa shape index (κ3) is 4.25. The van der Waals surface area contributed by atoms with Crippen LogP contribution in [0.3, 0.4) is 0 Å². The van der Waals surface area contributed by atoms with Gasteiger partial charge in [0, 0.05) is 16.6 Å². The summed E-state index contributed by atoms with van der Waals surface area (Å²) in [6.45, 7) is 1.96. The number of nitrogens with two attached hydrogens (primary N) is 1. The molecule has 0 aliphatic heterocycles. The molecule has 0 bridgehead atoms. The number of hydrogen-bond donors (Lipinski definition) is 2. The Kier molecular flexibility index (Phi) is 4.56. The Morgan fingerprint density at radius 3 is 2.71 bits per heavy atom. The molecule has 0 saturated carbocycles. The number of carbonyl (C=O) groups is 1. The standard InChI is InChI=1S/C14H14N2O3S2/c1-10-7-8-20-13(10)5-6-14(17)16-11-3-2-4-12(9-11)21(15,18)19/h2-9H,1H3,(H,16,17)(H2,15,18,19)/b6-5+. The third-order valence-electron chi connectivity index (χ3n) is 2.72. The summed E-state index contributed by atoms with van der Waals surface area (Å²) >= 11 is 1.54. The molecule has 2 rings (SSSR count). The summed E-state index contributed by atoms with van der Waals surface area (Å²) < 4.78 is 22.5. The van der Waals surface area contributed by atoms with Gasteiger partial charge in [-0.2, -0.15) is 0 Å². The molecule has 0 aliphatic rings. The highest BCUT2D eigenvalue weighted by Crippen LogP contribution is 2.17. The number of benzene rings is 1. The summed E-state index contributed by atoms with van der Waals surface area (Å²) in [4.78, 5) is 12.8. The van der Waals surface area contributed by atoms with E-state index in [1.165, 1.54) is 24.3 Å². The number of thiophene rings is 1.